The third kappa shape index (κ3) is 7.25. The number of nitrogens with zero attached hydrogens (tertiary/aromatic N) is 3. The van der Waals surface area contributed by atoms with Crippen molar-refractivity contribution in [1.82, 2.24) is 19.4 Å². The van der Waals surface area contributed by atoms with Gasteiger partial charge in [-0.05, 0) is 54.7 Å². The molecule has 2 heterocycles. The first-order valence-corrected chi connectivity index (χ1v) is 13.6. The molecule has 0 bridgehead atoms. The number of hydrogen-bond acceptors (Lipinski definition) is 5. The second kappa shape index (κ2) is 14.1. The minimum absolute atomic E-state index is 0. The van der Waals surface area contributed by atoms with Crippen LogP contribution in [0.5, 0.6) is 5.75 Å². The lowest BCUT2D eigenvalue weighted by Crippen LogP contribution is -2.41. The van der Waals surface area contributed by atoms with Gasteiger partial charge in [0.25, 0.3) is 0 Å². The molecule has 1 saturated heterocycles. The van der Waals surface area contributed by atoms with E-state index in [1.54, 1.807) is 12.0 Å². The molecular formula is C31H37ClN4O4. The van der Waals surface area contributed by atoms with Crippen molar-refractivity contribution in [1.29, 1.82) is 0 Å². The van der Waals surface area contributed by atoms with E-state index >= 15 is 0 Å². The van der Waals surface area contributed by atoms with E-state index in [9.17, 15) is 9.59 Å². The highest BCUT2D eigenvalue weighted by Gasteiger charge is 2.26. The Kier molecular flexibility index (Phi) is 10.3. The number of para-hydroxylation sites is 2. The molecule has 8 nitrogen and oxygen atoms in total. The maximum atomic E-state index is 12.8. The number of carbonyl (C=O) groups excluding carboxylic acids is 1. The van der Waals surface area contributed by atoms with Crippen LogP contribution in [0, 0.1) is 0 Å². The number of methoxy groups -OCH3 is 1. The maximum absolute atomic E-state index is 12.8. The van der Waals surface area contributed by atoms with E-state index in [4.69, 9.17) is 9.47 Å². The van der Waals surface area contributed by atoms with Crippen molar-refractivity contribution in [3.63, 3.8) is 0 Å². The number of halogens is 1. The van der Waals surface area contributed by atoms with Crippen molar-refractivity contribution < 1.29 is 14.3 Å². The van der Waals surface area contributed by atoms with Gasteiger partial charge in [0.15, 0.2) is 0 Å². The molecule has 0 radical (unpaired) electrons. The summed E-state index contributed by atoms with van der Waals surface area (Å²) in [5.74, 6) is 0.847. The number of amides is 1. The molecule has 1 aliphatic heterocycles. The van der Waals surface area contributed by atoms with Gasteiger partial charge in [-0.3, -0.25) is 9.47 Å². The Hall–Kier alpha value is -3.75. The van der Waals surface area contributed by atoms with Gasteiger partial charge in [0, 0.05) is 38.8 Å². The van der Waals surface area contributed by atoms with Crippen LogP contribution in [0.15, 0.2) is 83.7 Å². The molecule has 1 aliphatic rings. The van der Waals surface area contributed by atoms with Gasteiger partial charge >= 0.3 is 11.8 Å². The number of imidazole rings is 1. The van der Waals surface area contributed by atoms with E-state index in [1.165, 1.54) is 11.1 Å². The number of benzene rings is 3. The quantitative estimate of drug-likeness (QED) is 0.253. The van der Waals surface area contributed by atoms with Gasteiger partial charge in [0.05, 0.1) is 24.8 Å². The first kappa shape index (κ1) is 29.2. The normalized spacial score (nSPS) is 13.8. The fourth-order valence-corrected chi connectivity index (χ4v) is 5.37. The molecule has 1 N–H and O–H groups in total. The summed E-state index contributed by atoms with van der Waals surface area (Å²) >= 11 is 0. The fourth-order valence-electron chi connectivity index (χ4n) is 5.37. The molecule has 1 fully saturated rings. The van der Waals surface area contributed by atoms with Gasteiger partial charge < -0.3 is 19.4 Å². The summed E-state index contributed by atoms with van der Waals surface area (Å²) in [6.07, 6.45) is 1.91. The highest BCUT2D eigenvalue weighted by molar-refractivity contribution is 5.85. The maximum Gasteiger partial charge on any atom is 0.409 e. The number of aromatic amines is 1. The zero-order valence-corrected chi connectivity index (χ0v) is 23.6. The van der Waals surface area contributed by atoms with E-state index in [0.29, 0.717) is 19.7 Å². The minimum Gasteiger partial charge on any atom is -0.497 e. The van der Waals surface area contributed by atoms with Crippen molar-refractivity contribution in [3.05, 3.63) is 100 Å². The zero-order chi connectivity index (χ0) is 27.0. The number of likely N-dealkylation sites (tertiary alicyclic amines) is 1. The molecule has 1 aromatic heterocycles. The van der Waals surface area contributed by atoms with E-state index in [2.05, 4.69) is 46.3 Å². The summed E-state index contributed by atoms with van der Waals surface area (Å²) in [4.78, 5) is 32.4. The lowest BCUT2D eigenvalue weighted by molar-refractivity contribution is 0.0840. The monoisotopic (exact) mass is 564 g/mol. The lowest BCUT2D eigenvalue weighted by atomic mass is 10.0. The van der Waals surface area contributed by atoms with Crippen molar-refractivity contribution >= 4 is 29.5 Å². The van der Waals surface area contributed by atoms with Crippen LogP contribution >= 0.6 is 12.4 Å². The zero-order valence-electron chi connectivity index (χ0n) is 22.8. The summed E-state index contributed by atoms with van der Waals surface area (Å²) in [5.41, 5.74) is 4.09. The number of rotatable bonds is 10. The highest BCUT2D eigenvalue weighted by atomic mass is 35.5. The summed E-state index contributed by atoms with van der Waals surface area (Å²) in [7, 11) is 1.68. The van der Waals surface area contributed by atoms with E-state index in [-0.39, 0.29) is 30.2 Å². The van der Waals surface area contributed by atoms with Crippen molar-refractivity contribution in [2.75, 3.05) is 33.4 Å². The molecule has 0 aliphatic carbocycles. The average Bonchev–Trinajstić information content (AvgIpc) is 3.31. The minimum atomic E-state index is -0.276. The predicted molar refractivity (Wildman–Crippen MR) is 159 cm³/mol. The third-order valence-electron chi connectivity index (χ3n) is 7.35. The van der Waals surface area contributed by atoms with Gasteiger partial charge in [-0.2, -0.15) is 0 Å². The Balaban J connectivity index is 0.00000370. The Morgan fingerprint density at radius 1 is 0.950 bits per heavy atom. The fraction of sp³-hybridized carbons (Fsp3) is 0.355. The largest absolute Gasteiger partial charge is 0.497 e. The third-order valence-corrected chi connectivity index (χ3v) is 7.35. The molecule has 0 saturated carbocycles. The van der Waals surface area contributed by atoms with Crippen molar-refractivity contribution in [2.45, 2.75) is 38.4 Å². The second-order valence-corrected chi connectivity index (χ2v) is 10.1. The number of aromatic nitrogens is 2. The first-order chi connectivity index (χ1) is 19.1. The highest BCUT2D eigenvalue weighted by Crippen LogP contribution is 2.25. The number of nitrogens with one attached hydrogen (secondary N) is 1. The lowest BCUT2D eigenvalue weighted by Gasteiger charge is -2.32. The average molecular weight is 565 g/mol. The summed E-state index contributed by atoms with van der Waals surface area (Å²) in [6.45, 7) is 3.90. The molecule has 9 heteroatoms. The number of fused-ring (bicyclic) bond motifs is 1. The molecule has 0 spiro atoms. The Morgan fingerprint density at radius 3 is 2.42 bits per heavy atom. The molecular weight excluding hydrogens is 528 g/mol. The van der Waals surface area contributed by atoms with E-state index < -0.39 is 0 Å². The van der Waals surface area contributed by atoms with Crippen molar-refractivity contribution in [2.24, 2.45) is 0 Å². The summed E-state index contributed by atoms with van der Waals surface area (Å²) in [5, 5.41) is 0. The Labute approximate surface area is 240 Å². The molecule has 1 amide bonds. The van der Waals surface area contributed by atoms with Crippen LogP contribution < -0.4 is 10.4 Å². The number of piperidine rings is 1. The van der Waals surface area contributed by atoms with Gasteiger partial charge in [-0.15, -0.1) is 12.4 Å². The van der Waals surface area contributed by atoms with Gasteiger partial charge in [0.1, 0.15) is 5.75 Å². The van der Waals surface area contributed by atoms with Crippen LogP contribution in [0.4, 0.5) is 4.79 Å². The van der Waals surface area contributed by atoms with Crippen LogP contribution in [0.3, 0.4) is 0 Å². The molecule has 40 heavy (non-hydrogen) atoms. The molecule has 0 unspecified atom stereocenters. The standard InChI is InChI=1S/C31H36N4O4.ClH/c1-38-27-12-7-11-25(21-27)23-33(22-24-9-3-2-4-10-24)17-8-20-39-31(37)34-18-15-26(16-19-34)35-29-14-6-5-13-28(29)32-30(35)36;/h2-7,9-14,21,26H,8,15-20,22-23H2,1H3,(H,32,36);1H. The number of carbonyl (C=O) groups is 1. The molecule has 212 valence electrons. The smallest absolute Gasteiger partial charge is 0.409 e. The second-order valence-electron chi connectivity index (χ2n) is 10.1. The number of H-pyrrole nitrogens is 1. The van der Waals surface area contributed by atoms with Crippen molar-refractivity contribution in [3.8, 4) is 5.75 Å². The van der Waals surface area contributed by atoms with Crippen LogP contribution in [-0.2, 0) is 17.8 Å². The van der Waals surface area contributed by atoms with Crippen LogP contribution in [0.2, 0.25) is 0 Å². The topological polar surface area (TPSA) is 79.8 Å². The first-order valence-electron chi connectivity index (χ1n) is 13.6. The SMILES string of the molecule is COc1cccc(CN(CCCOC(=O)N2CCC(n3c(=O)[nH]c4ccccc43)CC2)Cc2ccccc2)c1.Cl. The Bertz CT molecular complexity index is 1430. The molecule has 3 aromatic carbocycles. The van der Waals surface area contributed by atoms with Crippen LogP contribution in [0.1, 0.15) is 36.4 Å². The van der Waals surface area contributed by atoms with E-state index in [0.717, 1.165) is 55.7 Å². The Morgan fingerprint density at radius 2 is 1.65 bits per heavy atom. The summed E-state index contributed by atoms with van der Waals surface area (Å²) in [6, 6.07) is 26.3. The van der Waals surface area contributed by atoms with Gasteiger partial charge in [0.2, 0.25) is 0 Å². The number of ether oxygens (including phenoxy) is 2. The van der Waals surface area contributed by atoms with Crippen LogP contribution in [-0.4, -0.2) is 58.8 Å². The predicted octanol–water partition coefficient (Wildman–Crippen LogP) is 5.63. The molecule has 5 rings (SSSR count). The van der Waals surface area contributed by atoms with Crippen LogP contribution in [0.25, 0.3) is 11.0 Å². The van der Waals surface area contributed by atoms with E-state index in [1.807, 2.05) is 47.0 Å². The molecule has 4 aromatic rings. The molecule has 0 atom stereocenters. The number of hydrogen-bond donors (Lipinski definition) is 1. The van der Waals surface area contributed by atoms with Gasteiger partial charge in [-0.1, -0.05) is 54.6 Å². The van der Waals surface area contributed by atoms with Gasteiger partial charge in [-0.25, -0.2) is 9.59 Å². The summed E-state index contributed by atoms with van der Waals surface area (Å²) < 4.78 is 12.9.